The van der Waals surface area contributed by atoms with Gasteiger partial charge in [0, 0.05) is 13.2 Å². The van der Waals surface area contributed by atoms with Gasteiger partial charge in [-0.05, 0) is 0 Å². The van der Waals surface area contributed by atoms with Gasteiger partial charge in [0.15, 0.2) is 0 Å². The molecule has 1 rings (SSSR count). The van der Waals surface area contributed by atoms with Gasteiger partial charge in [-0.1, -0.05) is 0 Å². The number of hydrogen-bond acceptors (Lipinski definition) is 3. The van der Waals surface area contributed by atoms with Crippen LogP contribution in [0.5, 0.6) is 0 Å². The van der Waals surface area contributed by atoms with E-state index in [0.717, 1.165) is 5.69 Å². The molecule has 1 heterocycles. The smallest absolute Gasteiger partial charge is 0.305 e. The first kappa shape index (κ1) is 8.73. The van der Waals surface area contributed by atoms with Gasteiger partial charge in [0.2, 0.25) is 0 Å². The van der Waals surface area contributed by atoms with E-state index in [4.69, 9.17) is 10.8 Å². The van der Waals surface area contributed by atoms with Crippen molar-refractivity contribution < 1.29 is 9.90 Å². The predicted octanol–water partition coefficient (Wildman–Crippen LogP) is -0.105. The molecular formula is C7H11N3O2. The van der Waals surface area contributed by atoms with E-state index < -0.39 is 12.0 Å². The molecule has 0 fully saturated rings. The molecule has 5 nitrogen and oxygen atoms in total. The number of nitrogens with two attached hydrogens (primary N) is 1. The number of rotatable bonds is 3. The van der Waals surface area contributed by atoms with E-state index in [1.54, 1.807) is 24.1 Å². The number of nitrogens with zero attached hydrogens (tertiary/aromatic N) is 2. The molecule has 1 atom stereocenters. The van der Waals surface area contributed by atoms with Crippen LogP contribution in [0, 0.1) is 0 Å². The quantitative estimate of drug-likeness (QED) is 0.661. The summed E-state index contributed by atoms with van der Waals surface area (Å²) in [5.41, 5.74) is 6.33. The average molecular weight is 169 g/mol. The third-order valence-corrected chi connectivity index (χ3v) is 1.63. The standard InChI is InChI=1S/C7H11N3O2/c1-10-4-9-3-6(10)5(8)2-7(11)12/h3-5H,2,8H2,1H3,(H,11,12)/t5-/m1/s1. The Hall–Kier alpha value is -1.36. The highest BCUT2D eigenvalue weighted by molar-refractivity contribution is 5.67. The second kappa shape index (κ2) is 3.36. The Morgan fingerprint density at radius 2 is 2.58 bits per heavy atom. The number of carbonyl (C=O) groups is 1. The van der Waals surface area contributed by atoms with Crippen molar-refractivity contribution in [2.45, 2.75) is 12.5 Å². The number of aromatic nitrogens is 2. The Labute approximate surface area is 69.8 Å². The molecule has 0 saturated heterocycles. The average Bonchev–Trinajstić information content (AvgIpc) is 2.33. The zero-order chi connectivity index (χ0) is 9.14. The first-order chi connectivity index (χ1) is 5.61. The molecule has 66 valence electrons. The maximum atomic E-state index is 10.3. The van der Waals surface area contributed by atoms with Crippen LogP contribution in [-0.4, -0.2) is 20.6 Å². The Morgan fingerprint density at radius 1 is 1.92 bits per heavy atom. The van der Waals surface area contributed by atoms with Crippen molar-refractivity contribution in [2.24, 2.45) is 12.8 Å². The molecule has 0 unspecified atom stereocenters. The Morgan fingerprint density at radius 3 is 3.00 bits per heavy atom. The lowest BCUT2D eigenvalue weighted by molar-refractivity contribution is -0.137. The molecule has 0 aliphatic heterocycles. The van der Waals surface area contributed by atoms with Crippen molar-refractivity contribution in [3.05, 3.63) is 18.2 Å². The zero-order valence-electron chi connectivity index (χ0n) is 6.77. The molecule has 0 radical (unpaired) electrons. The molecule has 0 bridgehead atoms. The van der Waals surface area contributed by atoms with Crippen molar-refractivity contribution in [2.75, 3.05) is 0 Å². The van der Waals surface area contributed by atoms with Crippen molar-refractivity contribution in [1.29, 1.82) is 0 Å². The summed E-state index contributed by atoms with van der Waals surface area (Å²) in [6, 6.07) is -0.477. The summed E-state index contributed by atoms with van der Waals surface area (Å²) in [7, 11) is 1.78. The van der Waals surface area contributed by atoms with Gasteiger partial charge in [0.25, 0.3) is 0 Å². The van der Waals surface area contributed by atoms with E-state index in [0.29, 0.717) is 0 Å². The van der Waals surface area contributed by atoms with Crippen molar-refractivity contribution >= 4 is 5.97 Å². The monoisotopic (exact) mass is 169 g/mol. The van der Waals surface area contributed by atoms with E-state index in [2.05, 4.69) is 4.98 Å². The fraction of sp³-hybridized carbons (Fsp3) is 0.429. The maximum Gasteiger partial charge on any atom is 0.305 e. The number of carboxylic acids is 1. The molecular weight excluding hydrogens is 158 g/mol. The van der Waals surface area contributed by atoms with Gasteiger partial charge < -0.3 is 15.4 Å². The lowest BCUT2D eigenvalue weighted by Gasteiger charge is -2.08. The number of carboxylic acid groups (broad SMARTS) is 1. The van der Waals surface area contributed by atoms with E-state index in [1.165, 1.54) is 0 Å². The van der Waals surface area contributed by atoms with Crippen LogP contribution < -0.4 is 5.73 Å². The Balaban J connectivity index is 2.71. The molecule has 0 amide bonds. The van der Waals surface area contributed by atoms with E-state index in [-0.39, 0.29) is 6.42 Å². The summed E-state index contributed by atoms with van der Waals surface area (Å²) < 4.78 is 1.72. The fourth-order valence-electron chi connectivity index (χ4n) is 1.02. The van der Waals surface area contributed by atoms with Crippen LogP contribution in [0.25, 0.3) is 0 Å². The van der Waals surface area contributed by atoms with Crippen LogP contribution in [0.1, 0.15) is 18.2 Å². The predicted molar refractivity (Wildman–Crippen MR) is 42.4 cm³/mol. The highest BCUT2D eigenvalue weighted by Gasteiger charge is 2.12. The summed E-state index contributed by atoms with van der Waals surface area (Å²) in [5.74, 6) is -0.899. The Kier molecular flexibility index (Phi) is 2.44. The maximum absolute atomic E-state index is 10.3. The van der Waals surface area contributed by atoms with E-state index in [1.807, 2.05) is 0 Å². The number of aliphatic carboxylic acids is 1. The highest BCUT2D eigenvalue weighted by Crippen LogP contribution is 2.11. The molecule has 1 aromatic rings. The van der Waals surface area contributed by atoms with Crippen LogP contribution in [0.2, 0.25) is 0 Å². The first-order valence-electron chi connectivity index (χ1n) is 3.55. The normalized spacial score (nSPS) is 12.8. The lowest BCUT2D eigenvalue weighted by atomic mass is 10.2. The second-order valence-electron chi connectivity index (χ2n) is 2.63. The van der Waals surface area contributed by atoms with Crippen molar-refractivity contribution in [3.63, 3.8) is 0 Å². The summed E-state index contributed by atoms with van der Waals surface area (Å²) in [4.78, 5) is 14.1. The van der Waals surface area contributed by atoms with Crippen LogP contribution in [0.15, 0.2) is 12.5 Å². The number of imidazole rings is 1. The first-order valence-corrected chi connectivity index (χ1v) is 3.55. The van der Waals surface area contributed by atoms with Gasteiger partial charge in [0.1, 0.15) is 0 Å². The molecule has 0 aromatic carbocycles. The van der Waals surface area contributed by atoms with Crippen molar-refractivity contribution in [3.8, 4) is 0 Å². The summed E-state index contributed by atoms with van der Waals surface area (Å²) in [6.45, 7) is 0. The molecule has 0 aliphatic rings. The number of hydrogen-bond donors (Lipinski definition) is 2. The van der Waals surface area contributed by atoms with Crippen molar-refractivity contribution in [1.82, 2.24) is 9.55 Å². The summed E-state index contributed by atoms with van der Waals surface area (Å²) >= 11 is 0. The molecule has 0 spiro atoms. The summed E-state index contributed by atoms with van der Waals surface area (Å²) in [6.07, 6.45) is 3.10. The van der Waals surface area contributed by atoms with Crippen LogP contribution in [0.4, 0.5) is 0 Å². The van der Waals surface area contributed by atoms with E-state index >= 15 is 0 Å². The van der Waals surface area contributed by atoms with Gasteiger partial charge in [-0.25, -0.2) is 4.98 Å². The van der Waals surface area contributed by atoms with Crippen LogP contribution in [-0.2, 0) is 11.8 Å². The largest absolute Gasteiger partial charge is 0.481 e. The van der Waals surface area contributed by atoms with Gasteiger partial charge in [-0.2, -0.15) is 0 Å². The molecule has 1 aromatic heterocycles. The van der Waals surface area contributed by atoms with Gasteiger partial charge in [-0.15, -0.1) is 0 Å². The third kappa shape index (κ3) is 1.82. The van der Waals surface area contributed by atoms with Gasteiger partial charge >= 0.3 is 5.97 Å². The second-order valence-corrected chi connectivity index (χ2v) is 2.63. The minimum Gasteiger partial charge on any atom is -0.481 e. The molecule has 0 saturated carbocycles. The summed E-state index contributed by atoms with van der Waals surface area (Å²) in [5, 5.41) is 8.46. The Bertz CT molecular complexity index is 282. The molecule has 12 heavy (non-hydrogen) atoms. The molecule has 3 N–H and O–H groups in total. The SMILES string of the molecule is Cn1cncc1[C@H](N)CC(=O)O. The zero-order valence-corrected chi connectivity index (χ0v) is 6.77. The van der Waals surface area contributed by atoms with Crippen LogP contribution >= 0.6 is 0 Å². The van der Waals surface area contributed by atoms with Crippen LogP contribution in [0.3, 0.4) is 0 Å². The third-order valence-electron chi connectivity index (χ3n) is 1.63. The van der Waals surface area contributed by atoms with E-state index in [9.17, 15) is 4.79 Å². The minimum absolute atomic E-state index is 0.0699. The van der Waals surface area contributed by atoms with Gasteiger partial charge in [-0.3, -0.25) is 4.79 Å². The highest BCUT2D eigenvalue weighted by atomic mass is 16.4. The minimum atomic E-state index is -0.899. The molecule has 0 aliphatic carbocycles. The number of aryl methyl sites for hydroxylation is 1. The molecule has 5 heteroatoms. The fourth-order valence-corrected chi connectivity index (χ4v) is 1.02. The lowest BCUT2D eigenvalue weighted by Crippen LogP contribution is -2.17. The topological polar surface area (TPSA) is 81.1 Å². The van der Waals surface area contributed by atoms with Gasteiger partial charge in [0.05, 0.1) is 24.5 Å².